The summed E-state index contributed by atoms with van der Waals surface area (Å²) >= 11 is 0. The lowest BCUT2D eigenvalue weighted by molar-refractivity contribution is 0.0892. The van der Waals surface area contributed by atoms with E-state index >= 15 is 0 Å². The van der Waals surface area contributed by atoms with E-state index in [0.29, 0.717) is 6.54 Å². The van der Waals surface area contributed by atoms with E-state index in [1.807, 2.05) is 0 Å². The number of nitrogens with one attached hydrogen (secondary N) is 2. The molecule has 0 heterocycles. The summed E-state index contributed by atoms with van der Waals surface area (Å²) in [7, 11) is 0. The predicted octanol–water partition coefficient (Wildman–Crippen LogP) is 12.6. The Balaban J connectivity index is 3.35. The number of aliphatic hydroxyl groups is 2. The number of hydrogen-bond donors (Lipinski definition) is 4. The van der Waals surface area contributed by atoms with Crippen LogP contribution in [0, 0.1) is 0 Å². The van der Waals surface area contributed by atoms with Gasteiger partial charge < -0.3 is 20.8 Å². The number of unbranched alkanes of at least 4 members (excludes halogenated alkanes) is 33. The summed E-state index contributed by atoms with van der Waals surface area (Å²) in [5.41, 5.74) is 0. The molecule has 0 spiro atoms. The molecule has 4 N–H and O–H groups in total. The first kappa shape index (κ1) is 46.8. The molecule has 4 nitrogen and oxygen atoms in total. The van der Waals surface area contributed by atoms with Crippen molar-refractivity contribution in [2.24, 2.45) is 0 Å². The highest BCUT2D eigenvalue weighted by atomic mass is 16.3. The van der Waals surface area contributed by atoms with Crippen molar-refractivity contribution in [2.75, 3.05) is 26.2 Å². The van der Waals surface area contributed by atoms with Gasteiger partial charge in [-0.2, -0.15) is 0 Å². The minimum Gasteiger partial charge on any atom is -0.395 e. The molecule has 0 radical (unpaired) electrons. The molecule has 0 bridgehead atoms. The molecule has 0 rings (SSSR count). The van der Waals surface area contributed by atoms with Crippen LogP contribution in [0.5, 0.6) is 0 Å². The Bertz CT molecular complexity index is 546. The van der Waals surface area contributed by atoms with E-state index in [-0.39, 0.29) is 12.6 Å². The van der Waals surface area contributed by atoms with Crippen molar-refractivity contribution in [3.8, 4) is 0 Å². The van der Waals surface area contributed by atoms with Crippen LogP contribution < -0.4 is 10.6 Å². The summed E-state index contributed by atoms with van der Waals surface area (Å²) < 4.78 is 0. The normalized spacial score (nSPS) is 13.0. The molecule has 0 aromatic carbocycles. The Morgan fingerprint density at radius 3 is 0.894 bits per heavy atom. The molecule has 4 heteroatoms. The molecular formula is C43H90N2O2. The van der Waals surface area contributed by atoms with Crippen molar-refractivity contribution in [3.63, 3.8) is 0 Å². The van der Waals surface area contributed by atoms with Crippen LogP contribution in [-0.2, 0) is 0 Å². The molecule has 0 amide bonds. The van der Waals surface area contributed by atoms with Gasteiger partial charge in [0.25, 0.3) is 0 Å². The Hall–Kier alpha value is -0.160. The zero-order chi connectivity index (χ0) is 34.1. The number of hydrogen-bond acceptors (Lipinski definition) is 4. The van der Waals surface area contributed by atoms with Gasteiger partial charge in [0.2, 0.25) is 0 Å². The van der Waals surface area contributed by atoms with Crippen LogP contribution in [0.25, 0.3) is 0 Å². The van der Waals surface area contributed by atoms with Crippen LogP contribution in [0.2, 0.25) is 0 Å². The van der Waals surface area contributed by atoms with Crippen molar-refractivity contribution in [1.29, 1.82) is 0 Å². The van der Waals surface area contributed by atoms with Gasteiger partial charge in [-0.05, 0) is 25.9 Å². The first-order valence-electron chi connectivity index (χ1n) is 22.0. The minimum absolute atomic E-state index is 0.000991. The van der Waals surface area contributed by atoms with Gasteiger partial charge in [0, 0.05) is 6.54 Å². The molecule has 0 fully saturated rings. The highest BCUT2D eigenvalue weighted by molar-refractivity contribution is 4.77. The van der Waals surface area contributed by atoms with Gasteiger partial charge in [-0.1, -0.05) is 226 Å². The zero-order valence-electron chi connectivity index (χ0n) is 32.6. The van der Waals surface area contributed by atoms with Crippen molar-refractivity contribution in [3.05, 3.63) is 0 Å². The highest BCUT2D eigenvalue weighted by Crippen LogP contribution is 2.16. The average molecular weight is 667 g/mol. The molecule has 0 saturated heterocycles. The molecule has 0 aromatic rings. The van der Waals surface area contributed by atoms with Gasteiger partial charge in [-0.3, -0.25) is 0 Å². The molecule has 0 saturated carbocycles. The zero-order valence-corrected chi connectivity index (χ0v) is 32.6. The second kappa shape index (κ2) is 42.0. The van der Waals surface area contributed by atoms with Crippen LogP contribution in [0.3, 0.4) is 0 Å². The lowest BCUT2D eigenvalue weighted by atomic mass is 10.0. The number of rotatable bonds is 42. The van der Waals surface area contributed by atoms with Gasteiger partial charge in [0.1, 0.15) is 0 Å². The highest BCUT2D eigenvalue weighted by Gasteiger charge is 2.16. The Labute approximate surface area is 297 Å². The second-order valence-electron chi connectivity index (χ2n) is 15.2. The maximum Gasteiger partial charge on any atom is 0.0839 e. The van der Waals surface area contributed by atoms with Crippen LogP contribution in [0.1, 0.15) is 239 Å². The molecule has 47 heavy (non-hydrogen) atoms. The molecule has 0 aliphatic rings. The van der Waals surface area contributed by atoms with Gasteiger partial charge in [0.05, 0.1) is 18.8 Å². The first-order chi connectivity index (χ1) is 23.3. The summed E-state index contributed by atoms with van der Waals surface area (Å²) in [6, 6.07) is -0.219. The van der Waals surface area contributed by atoms with Crippen molar-refractivity contribution < 1.29 is 10.2 Å². The second-order valence-corrected chi connectivity index (χ2v) is 15.2. The molecule has 0 aliphatic carbocycles. The lowest BCUT2D eigenvalue weighted by Gasteiger charge is -2.22. The fraction of sp³-hybridized carbons (Fsp3) is 1.00. The van der Waals surface area contributed by atoms with Crippen molar-refractivity contribution >= 4 is 0 Å². The summed E-state index contributed by atoms with van der Waals surface area (Å²) in [5.74, 6) is 0. The van der Waals surface area contributed by atoms with Gasteiger partial charge in [0.15, 0.2) is 0 Å². The van der Waals surface area contributed by atoms with Crippen molar-refractivity contribution in [2.45, 2.75) is 251 Å². The van der Waals surface area contributed by atoms with Crippen molar-refractivity contribution in [1.82, 2.24) is 10.6 Å². The third-order valence-electron chi connectivity index (χ3n) is 10.4. The molecule has 0 aromatic heterocycles. The standard InChI is InChI=1S/C43H90N2O2/c1-3-5-7-9-11-13-15-17-19-21-23-24-26-28-30-32-34-36-38-44-40-43(47)42(41-46)45-39-37-35-33-31-29-27-25-22-20-18-16-14-12-10-8-6-4-2/h42-47H,3-41H2,1-2H3. The van der Waals surface area contributed by atoms with Crippen LogP contribution in [-0.4, -0.2) is 48.6 Å². The van der Waals surface area contributed by atoms with Crippen LogP contribution in [0.4, 0.5) is 0 Å². The Morgan fingerprint density at radius 1 is 0.362 bits per heavy atom. The van der Waals surface area contributed by atoms with E-state index < -0.39 is 6.10 Å². The summed E-state index contributed by atoms with van der Waals surface area (Å²) in [4.78, 5) is 0. The molecule has 2 atom stereocenters. The maximum atomic E-state index is 10.5. The smallest absolute Gasteiger partial charge is 0.0839 e. The summed E-state index contributed by atoms with van der Waals surface area (Å²) in [5, 5.41) is 27.1. The lowest BCUT2D eigenvalue weighted by Crippen LogP contribution is -2.47. The monoisotopic (exact) mass is 667 g/mol. The Kier molecular flexibility index (Phi) is 41.9. The molecular weight excluding hydrogens is 576 g/mol. The maximum absolute atomic E-state index is 10.5. The topological polar surface area (TPSA) is 64.5 Å². The first-order valence-corrected chi connectivity index (χ1v) is 22.0. The minimum atomic E-state index is -0.527. The van der Waals surface area contributed by atoms with E-state index in [1.165, 1.54) is 218 Å². The van der Waals surface area contributed by atoms with Crippen LogP contribution >= 0.6 is 0 Å². The number of aliphatic hydroxyl groups excluding tert-OH is 2. The van der Waals surface area contributed by atoms with E-state index in [1.54, 1.807) is 0 Å². The SMILES string of the molecule is CCCCCCCCCCCCCCCCCCCCNCC(O)C(CO)NCCCCCCCCCCCCCCCCCCC. The largest absolute Gasteiger partial charge is 0.395 e. The fourth-order valence-corrected chi connectivity index (χ4v) is 7.00. The van der Waals surface area contributed by atoms with E-state index in [9.17, 15) is 10.2 Å². The molecule has 284 valence electrons. The predicted molar refractivity (Wildman–Crippen MR) is 211 cm³/mol. The van der Waals surface area contributed by atoms with Gasteiger partial charge in [-0.15, -0.1) is 0 Å². The third-order valence-corrected chi connectivity index (χ3v) is 10.4. The van der Waals surface area contributed by atoms with Gasteiger partial charge in [-0.25, -0.2) is 0 Å². The fourth-order valence-electron chi connectivity index (χ4n) is 7.00. The van der Waals surface area contributed by atoms with E-state index in [2.05, 4.69) is 24.5 Å². The summed E-state index contributed by atoms with van der Waals surface area (Å²) in [6.07, 6.45) is 48.3. The third kappa shape index (κ3) is 38.5. The summed E-state index contributed by atoms with van der Waals surface area (Å²) in [6.45, 7) is 7.01. The Morgan fingerprint density at radius 2 is 0.617 bits per heavy atom. The van der Waals surface area contributed by atoms with Gasteiger partial charge >= 0.3 is 0 Å². The molecule has 0 aliphatic heterocycles. The molecule has 2 unspecified atom stereocenters. The average Bonchev–Trinajstić information content (AvgIpc) is 3.08. The quantitative estimate of drug-likeness (QED) is 0.0490. The van der Waals surface area contributed by atoms with E-state index in [0.717, 1.165) is 19.5 Å². The van der Waals surface area contributed by atoms with Crippen LogP contribution in [0.15, 0.2) is 0 Å². The van der Waals surface area contributed by atoms with E-state index in [4.69, 9.17) is 0 Å².